The Balaban J connectivity index is 1.85. The smallest absolute Gasteiger partial charge is 0.228 e. The summed E-state index contributed by atoms with van der Waals surface area (Å²) in [6.45, 7) is 0.586. The van der Waals surface area contributed by atoms with Crippen molar-refractivity contribution < 1.29 is 4.79 Å². The predicted molar refractivity (Wildman–Crippen MR) is 104 cm³/mol. The third-order valence-corrected chi connectivity index (χ3v) is 5.83. The van der Waals surface area contributed by atoms with E-state index in [4.69, 9.17) is 18.4 Å². The van der Waals surface area contributed by atoms with Crippen molar-refractivity contribution in [3.05, 3.63) is 35.9 Å². The van der Waals surface area contributed by atoms with Gasteiger partial charge in [-0.1, -0.05) is 12.1 Å². The summed E-state index contributed by atoms with van der Waals surface area (Å²) in [5.74, 6) is 1.29. The van der Waals surface area contributed by atoms with E-state index in [-0.39, 0.29) is 5.91 Å². The molecule has 0 spiro atoms. The molecule has 0 saturated heterocycles. The highest BCUT2D eigenvalue weighted by molar-refractivity contribution is 7.99. The van der Waals surface area contributed by atoms with Gasteiger partial charge >= 0.3 is 0 Å². The number of thioether (sulfide) groups is 1. The van der Waals surface area contributed by atoms with E-state index in [1.54, 1.807) is 11.8 Å². The first kappa shape index (κ1) is 17.1. The lowest BCUT2D eigenvalue weighted by Gasteiger charge is -2.14. The zero-order valence-corrected chi connectivity index (χ0v) is 15.4. The van der Waals surface area contributed by atoms with Gasteiger partial charge in [-0.15, -0.1) is 34.6 Å². The number of nitrogens with one attached hydrogen (secondary N) is 2. The van der Waals surface area contributed by atoms with Crippen LogP contribution in [0.4, 0.5) is 5.69 Å². The van der Waals surface area contributed by atoms with E-state index in [1.165, 1.54) is 0 Å². The van der Waals surface area contributed by atoms with Gasteiger partial charge in [0.05, 0.1) is 6.42 Å². The third-order valence-electron chi connectivity index (χ3n) is 4.13. The van der Waals surface area contributed by atoms with E-state index in [0.717, 1.165) is 43.5 Å². The van der Waals surface area contributed by atoms with Crippen LogP contribution in [0.1, 0.15) is 5.56 Å². The molecule has 0 aliphatic carbocycles. The fraction of sp³-hybridized carbons (Fsp3) is 0.176. The number of anilines is 1. The van der Waals surface area contributed by atoms with Gasteiger partial charge in [0.25, 0.3) is 0 Å². The molecule has 1 aliphatic heterocycles. The van der Waals surface area contributed by atoms with Crippen LogP contribution in [0.5, 0.6) is 0 Å². The number of nitrogens with two attached hydrogens (primary N) is 1. The Morgan fingerprint density at radius 2 is 2.15 bits per heavy atom. The van der Waals surface area contributed by atoms with Gasteiger partial charge in [-0.25, -0.2) is 0 Å². The van der Waals surface area contributed by atoms with Gasteiger partial charge in [0.15, 0.2) is 0 Å². The molecule has 7 nitrogen and oxygen atoms in total. The quantitative estimate of drug-likeness (QED) is 0.397. The molecule has 9 heteroatoms. The third kappa shape index (κ3) is 3.09. The molecule has 0 unspecified atom stereocenters. The Hall–Kier alpha value is -2.36. The SMILES string of the molecule is NCCSc1ccc(-c2ccc3c(c2)CC(=O)N3)c(-c2nn[nH]n2)c1S. The molecular formula is C17H16N6OS2. The number of H-pyrrole nitrogens is 1. The van der Waals surface area contributed by atoms with Gasteiger partial charge < -0.3 is 11.1 Å². The summed E-state index contributed by atoms with van der Waals surface area (Å²) in [5, 5.41) is 17.3. The van der Waals surface area contributed by atoms with Gasteiger partial charge in [-0.2, -0.15) is 5.21 Å². The van der Waals surface area contributed by atoms with Gasteiger partial charge in [0, 0.05) is 33.3 Å². The number of nitrogens with zero attached hydrogens (tertiary/aromatic N) is 3. The molecule has 0 saturated carbocycles. The number of fused-ring (bicyclic) bond motifs is 1. The zero-order chi connectivity index (χ0) is 18.1. The maximum Gasteiger partial charge on any atom is 0.228 e. The Labute approximate surface area is 159 Å². The molecule has 0 bridgehead atoms. The molecule has 0 radical (unpaired) electrons. The van der Waals surface area contributed by atoms with Gasteiger partial charge in [0.1, 0.15) is 0 Å². The molecule has 0 atom stereocenters. The standard InChI is InChI=1S/C17H16N6OS2/c18-5-6-26-13-4-2-11(15(16(13)25)17-20-22-23-21-17)9-1-3-12-10(7-9)8-14(24)19-12/h1-4,7,25H,5-6,8,18H2,(H,19,24)(H,20,21,22,23). The van der Waals surface area contributed by atoms with E-state index >= 15 is 0 Å². The summed E-state index contributed by atoms with van der Waals surface area (Å²) in [7, 11) is 0. The molecule has 3 aromatic rings. The van der Waals surface area contributed by atoms with Crippen molar-refractivity contribution >= 4 is 36.0 Å². The summed E-state index contributed by atoms with van der Waals surface area (Å²) in [4.78, 5) is 13.4. The molecule has 2 heterocycles. The summed E-state index contributed by atoms with van der Waals surface area (Å²) in [6, 6.07) is 9.97. The number of carbonyl (C=O) groups excluding carboxylic acids is 1. The number of tetrazole rings is 1. The molecule has 1 amide bonds. The number of carbonyl (C=O) groups is 1. The second-order valence-corrected chi connectivity index (χ2v) is 7.39. The second-order valence-electron chi connectivity index (χ2n) is 5.80. The number of hydrogen-bond acceptors (Lipinski definition) is 7. The molecule has 4 N–H and O–H groups in total. The average Bonchev–Trinajstić information content (AvgIpc) is 3.28. The van der Waals surface area contributed by atoms with Gasteiger partial charge in [-0.05, 0) is 40.1 Å². The van der Waals surface area contributed by atoms with Crippen molar-refractivity contribution in [3.8, 4) is 22.5 Å². The molecule has 1 aromatic heterocycles. The number of aromatic nitrogens is 4. The van der Waals surface area contributed by atoms with Crippen molar-refractivity contribution in [3.63, 3.8) is 0 Å². The maximum absolute atomic E-state index is 11.6. The molecule has 0 fully saturated rings. The molecule has 26 heavy (non-hydrogen) atoms. The first-order chi connectivity index (χ1) is 12.7. The number of thiol groups is 1. The lowest BCUT2D eigenvalue weighted by atomic mass is 9.96. The maximum atomic E-state index is 11.6. The van der Waals surface area contributed by atoms with Crippen LogP contribution in [0.3, 0.4) is 0 Å². The van der Waals surface area contributed by atoms with Crippen molar-refractivity contribution in [2.45, 2.75) is 16.2 Å². The van der Waals surface area contributed by atoms with E-state index in [0.29, 0.717) is 18.8 Å². The number of hydrogen-bond donors (Lipinski definition) is 4. The van der Waals surface area contributed by atoms with Gasteiger partial charge in [-0.3, -0.25) is 4.79 Å². The first-order valence-corrected chi connectivity index (χ1v) is 9.46. The van der Waals surface area contributed by atoms with Crippen LogP contribution in [0.15, 0.2) is 40.1 Å². The Morgan fingerprint density at radius 1 is 1.27 bits per heavy atom. The Kier molecular flexibility index (Phi) is 4.66. The Bertz CT molecular complexity index is 974. The van der Waals surface area contributed by atoms with E-state index in [2.05, 4.69) is 25.9 Å². The van der Waals surface area contributed by atoms with Crippen LogP contribution in [-0.4, -0.2) is 38.8 Å². The molecular weight excluding hydrogens is 368 g/mol. The summed E-state index contributed by atoms with van der Waals surface area (Å²) in [6.07, 6.45) is 0.388. The topological polar surface area (TPSA) is 110 Å². The van der Waals surface area contributed by atoms with Crippen LogP contribution >= 0.6 is 24.4 Å². The van der Waals surface area contributed by atoms with Crippen molar-refractivity contribution in [2.24, 2.45) is 5.73 Å². The number of aromatic amines is 1. The minimum Gasteiger partial charge on any atom is -0.330 e. The van der Waals surface area contributed by atoms with Crippen LogP contribution in [0.2, 0.25) is 0 Å². The highest BCUT2D eigenvalue weighted by Crippen LogP contribution is 2.41. The van der Waals surface area contributed by atoms with Crippen molar-refractivity contribution in [1.82, 2.24) is 20.6 Å². The average molecular weight is 384 g/mol. The summed E-state index contributed by atoms with van der Waals surface area (Å²) in [5.41, 5.74) is 10.2. The molecule has 132 valence electrons. The van der Waals surface area contributed by atoms with E-state index in [9.17, 15) is 4.79 Å². The van der Waals surface area contributed by atoms with Crippen LogP contribution in [-0.2, 0) is 11.2 Å². The fourth-order valence-electron chi connectivity index (χ4n) is 2.99. The van der Waals surface area contributed by atoms with E-state index < -0.39 is 0 Å². The lowest BCUT2D eigenvalue weighted by molar-refractivity contribution is -0.115. The van der Waals surface area contributed by atoms with Crippen LogP contribution in [0.25, 0.3) is 22.5 Å². The van der Waals surface area contributed by atoms with Crippen LogP contribution in [0, 0.1) is 0 Å². The summed E-state index contributed by atoms with van der Waals surface area (Å²) < 4.78 is 0. The first-order valence-electron chi connectivity index (χ1n) is 8.03. The normalized spacial score (nSPS) is 12.9. The summed E-state index contributed by atoms with van der Waals surface area (Å²) >= 11 is 6.38. The number of rotatable bonds is 5. The van der Waals surface area contributed by atoms with Crippen molar-refractivity contribution in [2.75, 3.05) is 17.6 Å². The fourth-order valence-corrected chi connectivity index (χ4v) is 4.22. The van der Waals surface area contributed by atoms with Gasteiger partial charge in [0.2, 0.25) is 11.7 Å². The van der Waals surface area contributed by atoms with E-state index in [1.807, 2.05) is 30.3 Å². The molecule has 1 aliphatic rings. The minimum absolute atomic E-state index is 0.0129. The molecule has 2 aromatic carbocycles. The molecule has 4 rings (SSSR count). The minimum atomic E-state index is 0.0129. The Morgan fingerprint density at radius 3 is 2.92 bits per heavy atom. The highest BCUT2D eigenvalue weighted by Gasteiger charge is 2.21. The highest BCUT2D eigenvalue weighted by atomic mass is 32.2. The van der Waals surface area contributed by atoms with Crippen molar-refractivity contribution in [1.29, 1.82) is 0 Å². The predicted octanol–water partition coefficient (Wildman–Crippen LogP) is 2.37. The second kappa shape index (κ2) is 7.10. The van der Waals surface area contributed by atoms with Crippen LogP contribution < -0.4 is 11.1 Å². The largest absolute Gasteiger partial charge is 0.330 e. The number of amides is 1. The number of benzene rings is 2. The lowest BCUT2D eigenvalue weighted by Crippen LogP contribution is -2.03. The zero-order valence-electron chi connectivity index (χ0n) is 13.7. The monoisotopic (exact) mass is 384 g/mol.